The number of aromatic nitrogens is 2. The molecule has 24 heavy (non-hydrogen) atoms. The lowest BCUT2D eigenvalue weighted by Gasteiger charge is -2.32. The van der Waals surface area contributed by atoms with E-state index in [4.69, 9.17) is 4.99 Å². The molecular weight excluding hydrogens is 417 g/mol. The van der Waals surface area contributed by atoms with Crippen molar-refractivity contribution in [3.05, 3.63) is 17.0 Å². The summed E-state index contributed by atoms with van der Waals surface area (Å²) in [5.41, 5.74) is 3.69. The molecule has 0 atom stereocenters. The lowest BCUT2D eigenvalue weighted by Crippen LogP contribution is -2.46. The summed E-state index contributed by atoms with van der Waals surface area (Å²) in [6.45, 7) is 9.65. The van der Waals surface area contributed by atoms with Crippen LogP contribution in [-0.4, -0.2) is 51.5 Å². The van der Waals surface area contributed by atoms with Gasteiger partial charge in [-0.05, 0) is 32.6 Å². The lowest BCUT2D eigenvalue weighted by molar-refractivity contribution is 0.108. The van der Waals surface area contributed by atoms with E-state index in [1.165, 1.54) is 11.3 Å². The molecule has 1 aromatic heterocycles. The molecule has 0 radical (unpaired) electrons. The zero-order valence-electron chi connectivity index (χ0n) is 15.4. The molecular formula is C17H32IN5O. The van der Waals surface area contributed by atoms with Crippen molar-refractivity contribution in [1.82, 2.24) is 20.0 Å². The van der Waals surface area contributed by atoms with Crippen molar-refractivity contribution in [1.29, 1.82) is 0 Å². The van der Waals surface area contributed by atoms with E-state index in [0.717, 1.165) is 57.0 Å². The Kier molecular flexibility index (Phi) is 9.04. The number of piperidine rings is 1. The van der Waals surface area contributed by atoms with Gasteiger partial charge < -0.3 is 15.3 Å². The van der Waals surface area contributed by atoms with Crippen LogP contribution in [0.25, 0.3) is 0 Å². The van der Waals surface area contributed by atoms with E-state index >= 15 is 0 Å². The van der Waals surface area contributed by atoms with E-state index in [1.54, 1.807) is 0 Å². The predicted octanol–water partition coefficient (Wildman–Crippen LogP) is 2.09. The first-order valence-electron chi connectivity index (χ1n) is 8.85. The molecule has 0 aliphatic carbocycles. The monoisotopic (exact) mass is 449 g/mol. The van der Waals surface area contributed by atoms with E-state index in [1.807, 2.05) is 11.7 Å². The number of aryl methyl sites for hydroxylation is 2. The summed E-state index contributed by atoms with van der Waals surface area (Å²) in [5.74, 6) is 0.951. The largest absolute Gasteiger partial charge is 0.393 e. The number of likely N-dealkylation sites (tertiary alicyclic amines) is 1. The molecule has 1 aliphatic rings. The summed E-state index contributed by atoms with van der Waals surface area (Å²) in [6, 6.07) is 0. The van der Waals surface area contributed by atoms with Gasteiger partial charge in [-0.15, -0.1) is 24.0 Å². The Morgan fingerprint density at radius 2 is 1.92 bits per heavy atom. The van der Waals surface area contributed by atoms with Gasteiger partial charge in [0.2, 0.25) is 0 Å². The summed E-state index contributed by atoms with van der Waals surface area (Å²) in [7, 11) is 2.02. The van der Waals surface area contributed by atoms with E-state index in [0.29, 0.717) is 6.54 Å². The fourth-order valence-corrected chi connectivity index (χ4v) is 3.23. The second kappa shape index (κ2) is 10.2. The number of nitrogens with zero attached hydrogens (tertiary/aromatic N) is 4. The second-order valence-corrected chi connectivity index (χ2v) is 6.09. The van der Waals surface area contributed by atoms with Gasteiger partial charge in [0.1, 0.15) is 0 Å². The van der Waals surface area contributed by atoms with Crippen LogP contribution >= 0.6 is 24.0 Å². The first-order valence-corrected chi connectivity index (χ1v) is 8.85. The average molecular weight is 449 g/mol. The molecule has 1 fully saturated rings. The van der Waals surface area contributed by atoms with Crippen molar-refractivity contribution in [3.63, 3.8) is 0 Å². The molecule has 138 valence electrons. The number of halogens is 1. The molecule has 0 unspecified atom stereocenters. The molecule has 0 aromatic carbocycles. The van der Waals surface area contributed by atoms with Crippen LogP contribution < -0.4 is 5.32 Å². The molecule has 2 heterocycles. The van der Waals surface area contributed by atoms with Crippen LogP contribution in [0.2, 0.25) is 0 Å². The number of hydrogen-bond donors (Lipinski definition) is 2. The Morgan fingerprint density at radius 3 is 2.46 bits per heavy atom. The number of aliphatic hydroxyl groups excluding tert-OH is 1. The summed E-state index contributed by atoms with van der Waals surface area (Å²) >= 11 is 0. The number of aliphatic imine (C=N–C) groups is 1. The van der Waals surface area contributed by atoms with Crippen molar-refractivity contribution in [3.8, 4) is 0 Å². The van der Waals surface area contributed by atoms with Crippen LogP contribution in [0.1, 0.15) is 50.6 Å². The molecule has 0 bridgehead atoms. The van der Waals surface area contributed by atoms with Crippen LogP contribution in [0.5, 0.6) is 0 Å². The van der Waals surface area contributed by atoms with Crippen molar-refractivity contribution in [2.24, 2.45) is 12.0 Å². The maximum Gasteiger partial charge on any atom is 0.194 e. The van der Waals surface area contributed by atoms with E-state index in [2.05, 4.69) is 36.1 Å². The van der Waals surface area contributed by atoms with Gasteiger partial charge in [0.25, 0.3) is 0 Å². The van der Waals surface area contributed by atoms with Gasteiger partial charge in [-0.2, -0.15) is 5.10 Å². The minimum Gasteiger partial charge on any atom is -0.393 e. The molecule has 1 aromatic rings. The van der Waals surface area contributed by atoms with Crippen molar-refractivity contribution < 1.29 is 5.11 Å². The lowest BCUT2D eigenvalue weighted by atomic mass is 10.1. The molecule has 1 aliphatic heterocycles. The zero-order valence-corrected chi connectivity index (χ0v) is 17.7. The van der Waals surface area contributed by atoms with Crippen LogP contribution in [-0.2, 0) is 26.4 Å². The molecule has 0 saturated carbocycles. The standard InChI is InChI=1S/C17H31N5O.HI/c1-5-15-14(16(6-2)21(4)20-15)12-19-17(18-7-3)22-10-8-13(23)9-11-22;/h13,23H,5-12H2,1-4H3,(H,18,19);1H. The first-order chi connectivity index (χ1) is 11.1. The Morgan fingerprint density at radius 1 is 1.25 bits per heavy atom. The minimum absolute atomic E-state index is 0. The molecule has 6 nitrogen and oxygen atoms in total. The Labute approximate surface area is 162 Å². The quantitative estimate of drug-likeness (QED) is 0.411. The normalized spacial score (nSPS) is 16.2. The topological polar surface area (TPSA) is 65.7 Å². The fraction of sp³-hybridized carbons (Fsp3) is 0.765. The Balaban J connectivity index is 0.00000288. The third-order valence-electron chi connectivity index (χ3n) is 4.51. The average Bonchev–Trinajstić information content (AvgIpc) is 2.87. The van der Waals surface area contributed by atoms with Gasteiger partial charge >= 0.3 is 0 Å². The SMILES string of the molecule is CCNC(=NCc1c(CC)nn(C)c1CC)N1CCC(O)CC1.I. The number of guanidine groups is 1. The zero-order chi connectivity index (χ0) is 16.8. The fourth-order valence-electron chi connectivity index (χ4n) is 3.23. The van der Waals surface area contributed by atoms with Gasteiger partial charge in [0, 0.05) is 37.9 Å². The smallest absolute Gasteiger partial charge is 0.194 e. The molecule has 0 spiro atoms. The highest BCUT2D eigenvalue weighted by Gasteiger charge is 2.20. The van der Waals surface area contributed by atoms with Crippen LogP contribution in [0.15, 0.2) is 4.99 Å². The summed E-state index contributed by atoms with van der Waals surface area (Å²) < 4.78 is 1.99. The highest BCUT2D eigenvalue weighted by Crippen LogP contribution is 2.17. The minimum atomic E-state index is -0.161. The highest BCUT2D eigenvalue weighted by atomic mass is 127. The van der Waals surface area contributed by atoms with E-state index < -0.39 is 0 Å². The van der Waals surface area contributed by atoms with Crippen LogP contribution in [0, 0.1) is 0 Å². The molecule has 2 rings (SSSR count). The van der Waals surface area contributed by atoms with Gasteiger partial charge in [-0.3, -0.25) is 4.68 Å². The number of aliphatic hydroxyl groups is 1. The third-order valence-corrected chi connectivity index (χ3v) is 4.51. The van der Waals surface area contributed by atoms with Gasteiger partial charge in [0.05, 0.1) is 18.3 Å². The Bertz CT molecular complexity index is 535. The van der Waals surface area contributed by atoms with E-state index in [9.17, 15) is 5.11 Å². The number of hydrogen-bond acceptors (Lipinski definition) is 3. The van der Waals surface area contributed by atoms with Gasteiger partial charge in [-0.1, -0.05) is 13.8 Å². The maximum atomic E-state index is 9.69. The molecule has 1 saturated heterocycles. The van der Waals surface area contributed by atoms with Crippen LogP contribution in [0.4, 0.5) is 0 Å². The van der Waals surface area contributed by atoms with Crippen molar-refractivity contribution in [2.75, 3.05) is 19.6 Å². The molecule has 7 heteroatoms. The molecule has 0 amide bonds. The van der Waals surface area contributed by atoms with Crippen molar-refractivity contribution >= 4 is 29.9 Å². The molecule has 2 N–H and O–H groups in total. The maximum absolute atomic E-state index is 9.69. The third kappa shape index (κ3) is 5.08. The van der Waals surface area contributed by atoms with Crippen molar-refractivity contribution in [2.45, 2.75) is 59.1 Å². The summed E-state index contributed by atoms with van der Waals surface area (Å²) in [5, 5.41) is 17.7. The first kappa shape index (κ1) is 21.2. The second-order valence-electron chi connectivity index (χ2n) is 6.09. The number of nitrogens with one attached hydrogen (secondary N) is 1. The van der Waals surface area contributed by atoms with E-state index in [-0.39, 0.29) is 30.1 Å². The van der Waals surface area contributed by atoms with Crippen LogP contribution in [0.3, 0.4) is 0 Å². The van der Waals surface area contributed by atoms with Gasteiger partial charge in [-0.25, -0.2) is 4.99 Å². The summed E-state index contributed by atoms with van der Waals surface area (Å²) in [4.78, 5) is 7.11. The van der Waals surface area contributed by atoms with Gasteiger partial charge in [0.15, 0.2) is 5.96 Å². The summed E-state index contributed by atoms with van der Waals surface area (Å²) in [6.07, 6.45) is 3.38. The number of rotatable bonds is 5. The predicted molar refractivity (Wildman–Crippen MR) is 109 cm³/mol. The Hall–Kier alpha value is -0.830. The highest BCUT2D eigenvalue weighted by molar-refractivity contribution is 14.0.